The van der Waals surface area contributed by atoms with Gasteiger partial charge in [-0.25, -0.2) is 13.1 Å². The monoisotopic (exact) mass is 555 g/mol. The van der Waals surface area contributed by atoms with Gasteiger partial charge in [-0.15, -0.1) is 0 Å². The summed E-state index contributed by atoms with van der Waals surface area (Å²) >= 11 is 15.5. The van der Waals surface area contributed by atoms with Crippen LogP contribution in [0.25, 0.3) is 0 Å². The molecule has 2 atom stereocenters. The van der Waals surface area contributed by atoms with Crippen molar-refractivity contribution in [1.82, 2.24) is 4.72 Å². The third-order valence-electron chi connectivity index (χ3n) is 5.64. The molecule has 0 spiro atoms. The van der Waals surface area contributed by atoms with E-state index < -0.39 is 21.7 Å². The zero-order valence-corrected chi connectivity index (χ0v) is 21.5. The van der Waals surface area contributed by atoms with Crippen LogP contribution in [-0.2, 0) is 15.6 Å². The molecule has 0 saturated carbocycles. The first-order valence-electron chi connectivity index (χ1n) is 10.1. The molecule has 0 fully saturated rings. The minimum atomic E-state index is -3.93. The quantitative estimate of drug-likeness (QED) is 0.338. The van der Waals surface area contributed by atoms with Crippen molar-refractivity contribution in [3.05, 3.63) is 98.4 Å². The van der Waals surface area contributed by atoms with Gasteiger partial charge in [0, 0.05) is 14.5 Å². The molecule has 0 heterocycles. The van der Waals surface area contributed by atoms with E-state index in [4.69, 9.17) is 23.2 Å². The summed E-state index contributed by atoms with van der Waals surface area (Å²) in [6.07, 6.45) is 0.636. The van der Waals surface area contributed by atoms with Crippen molar-refractivity contribution in [1.29, 1.82) is 0 Å². The Morgan fingerprint density at radius 1 is 0.906 bits per heavy atom. The lowest BCUT2D eigenvalue weighted by Crippen LogP contribution is -2.54. The molecule has 0 bridgehead atoms. The molecule has 3 aromatic rings. The van der Waals surface area contributed by atoms with E-state index in [0.717, 1.165) is 4.47 Å². The number of hydrogen-bond donors (Lipinski definition) is 2. The van der Waals surface area contributed by atoms with E-state index in [-0.39, 0.29) is 10.8 Å². The molecule has 0 aliphatic heterocycles. The Hall–Kier alpha value is -1.41. The van der Waals surface area contributed by atoms with Crippen LogP contribution in [0.3, 0.4) is 0 Å². The van der Waals surface area contributed by atoms with E-state index >= 15 is 0 Å². The van der Waals surface area contributed by atoms with Crippen LogP contribution < -0.4 is 4.72 Å². The van der Waals surface area contributed by atoms with E-state index in [2.05, 4.69) is 20.7 Å². The van der Waals surface area contributed by atoms with Gasteiger partial charge in [-0.2, -0.15) is 0 Å². The molecule has 3 rings (SSSR count). The summed E-state index contributed by atoms with van der Waals surface area (Å²) < 4.78 is 30.2. The molecule has 8 heteroatoms. The van der Waals surface area contributed by atoms with Gasteiger partial charge in [0.15, 0.2) is 0 Å². The minimum absolute atomic E-state index is 0.114. The topological polar surface area (TPSA) is 66.4 Å². The molecule has 170 valence electrons. The van der Waals surface area contributed by atoms with E-state index in [1.807, 2.05) is 13.8 Å². The largest absolute Gasteiger partial charge is 0.379 e. The van der Waals surface area contributed by atoms with Crippen LogP contribution in [0.2, 0.25) is 10.0 Å². The number of rotatable bonds is 8. The van der Waals surface area contributed by atoms with Gasteiger partial charge in [0.05, 0.1) is 10.9 Å². The third-order valence-corrected chi connectivity index (χ3v) is 8.13. The number of nitrogens with one attached hydrogen (secondary N) is 1. The molecule has 0 aliphatic carbocycles. The predicted molar refractivity (Wildman–Crippen MR) is 134 cm³/mol. The molecule has 2 unspecified atom stereocenters. The smallest absolute Gasteiger partial charge is 0.240 e. The lowest BCUT2D eigenvalue weighted by atomic mass is 9.75. The molecule has 32 heavy (non-hydrogen) atoms. The van der Waals surface area contributed by atoms with Crippen LogP contribution in [0.1, 0.15) is 31.4 Å². The normalized spacial score (nSPS) is 14.2. The van der Waals surface area contributed by atoms with Gasteiger partial charge in [-0.1, -0.05) is 83.7 Å². The highest BCUT2D eigenvalue weighted by molar-refractivity contribution is 9.10. The summed E-state index contributed by atoms with van der Waals surface area (Å²) in [5, 5.41) is 13.3. The SMILES string of the molecule is CCC(C)C(NS(=O)(=O)c1ccc(Br)cc1)C(O)(c1ccc(Cl)cc1)c1ccc(Cl)cc1. The number of halogens is 3. The molecule has 4 nitrogen and oxygen atoms in total. The number of benzene rings is 3. The summed E-state index contributed by atoms with van der Waals surface area (Å²) in [7, 11) is -3.93. The Bertz CT molecular complexity index is 1110. The number of sulfonamides is 1. The van der Waals surface area contributed by atoms with Crippen LogP contribution in [0, 0.1) is 5.92 Å². The fourth-order valence-corrected chi connectivity index (χ4v) is 5.52. The highest BCUT2D eigenvalue weighted by Crippen LogP contribution is 2.38. The van der Waals surface area contributed by atoms with Gasteiger partial charge in [-0.3, -0.25) is 0 Å². The van der Waals surface area contributed by atoms with E-state index in [9.17, 15) is 13.5 Å². The Labute approximate surface area is 207 Å². The maximum Gasteiger partial charge on any atom is 0.240 e. The van der Waals surface area contributed by atoms with Crippen molar-refractivity contribution in [3.8, 4) is 0 Å². The maximum atomic E-state index is 13.3. The molecule has 3 aromatic carbocycles. The van der Waals surface area contributed by atoms with Crippen LogP contribution in [0.4, 0.5) is 0 Å². The Kier molecular flexibility index (Phi) is 8.07. The van der Waals surface area contributed by atoms with Gasteiger partial charge in [0.2, 0.25) is 10.0 Å². The third kappa shape index (κ3) is 5.38. The molecule has 0 aliphatic rings. The second kappa shape index (κ2) is 10.2. The zero-order valence-electron chi connectivity index (χ0n) is 17.6. The summed E-state index contributed by atoms with van der Waals surface area (Å²) in [5.41, 5.74) is -0.631. The molecular formula is C24H24BrCl2NO3S. The van der Waals surface area contributed by atoms with E-state index in [0.29, 0.717) is 27.6 Å². The standard InChI is InChI=1S/C24H24BrCl2NO3S/c1-3-16(2)23(28-32(30,31)22-14-8-19(25)9-15-22)24(29,17-4-10-20(26)11-5-17)18-6-12-21(27)13-7-18/h4-16,23,28-29H,3H2,1-2H3. The number of hydrogen-bond acceptors (Lipinski definition) is 3. The highest BCUT2D eigenvalue weighted by Gasteiger charge is 2.44. The molecular weight excluding hydrogens is 533 g/mol. The molecule has 0 saturated heterocycles. The highest BCUT2D eigenvalue weighted by atomic mass is 79.9. The van der Waals surface area contributed by atoms with Crippen molar-refractivity contribution in [2.75, 3.05) is 0 Å². The Morgan fingerprint density at radius 3 is 1.75 bits per heavy atom. The molecule has 0 radical (unpaired) electrons. The van der Waals surface area contributed by atoms with Crippen LogP contribution in [-0.4, -0.2) is 19.6 Å². The Morgan fingerprint density at radius 2 is 1.34 bits per heavy atom. The first-order valence-corrected chi connectivity index (χ1v) is 13.1. The van der Waals surface area contributed by atoms with Crippen molar-refractivity contribution >= 4 is 49.2 Å². The van der Waals surface area contributed by atoms with Crippen molar-refractivity contribution < 1.29 is 13.5 Å². The number of aliphatic hydroxyl groups is 1. The Balaban J connectivity index is 2.17. The van der Waals surface area contributed by atoms with Crippen molar-refractivity contribution in [3.63, 3.8) is 0 Å². The predicted octanol–water partition coefficient (Wildman–Crippen LogP) is 6.39. The first-order chi connectivity index (χ1) is 15.1. The fourth-order valence-electron chi connectivity index (χ4n) is 3.63. The minimum Gasteiger partial charge on any atom is -0.379 e. The summed E-state index contributed by atoms with van der Waals surface area (Å²) in [6, 6.07) is 19.0. The molecule has 2 N–H and O–H groups in total. The summed E-state index contributed by atoms with van der Waals surface area (Å²) in [5.74, 6) is -0.212. The van der Waals surface area contributed by atoms with E-state index in [1.165, 1.54) is 12.1 Å². The van der Waals surface area contributed by atoms with Gasteiger partial charge < -0.3 is 5.11 Å². The fraction of sp³-hybridized carbons (Fsp3) is 0.250. The second-order valence-corrected chi connectivity index (χ2v) is 11.2. The molecule has 0 aromatic heterocycles. The maximum absolute atomic E-state index is 13.3. The van der Waals surface area contributed by atoms with Gasteiger partial charge in [0.1, 0.15) is 5.60 Å². The van der Waals surface area contributed by atoms with Crippen LogP contribution >= 0.6 is 39.1 Å². The average molecular weight is 557 g/mol. The lowest BCUT2D eigenvalue weighted by Gasteiger charge is -2.40. The molecule has 0 amide bonds. The zero-order chi connectivity index (χ0) is 23.5. The van der Waals surface area contributed by atoms with Crippen molar-refractivity contribution in [2.45, 2.75) is 36.8 Å². The van der Waals surface area contributed by atoms with E-state index in [1.54, 1.807) is 60.7 Å². The van der Waals surface area contributed by atoms with Gasteiger partial charge in [-0.05, 0) is 65.6 Å². The summed E-state index contributed by atoms with van der Waals surface area (Å²) in [6.45, 7) is 3.86. The van der Waals surface area contributed by atoms with Crippen LogP contribution in [0.5, 0.6) is 0 Å². The first kappa shape index (κ1) is 25.2. The lowest BCUT2D eigenvalue weighted by molar-refractivity contribution is 0.0247. The average Bonchev–Trinajstić information content (AvgIpc) is 2.77. The summed E-state index contributed by atoms with van der Waals surface area (Å²) in [4.78, 5) is 0.114. The van der Waals surface area contributed by atoms with Crippen LogP contribution in [0.15, 0.2) is 82.2 Å². The van der Waals surface area contributed by atoms with Crippen molar-refractivity contribution in [2.24, 2.45) is 5.92 Å². The van der Waals surface area contributed by atoms with Gasteiger partial charge in [0.25, 0.3) is 0 Å². The van der Waals surface area contributed by atoms with Gasteiger partial charge >= 0.3 is 0 Å². The second-order valence-electron chi connectivity index (χ2n) is 7.72.